The van der Waals surface area contributed by atoms with Crippen LogP contribution in [0.5, 0.6) is 5.75 Å². The number of aliphatic hydroxyl groups is 1. The molecule has 0 aliphatic rings. The van der Waals surface area contributed by atoms with E-state index in [4.69, 9.17) is 4.74 Å². The van der Waals surface area contributed by atoms with Gasteiger partial charge in [0, 0.05) is 6.20 Å². The second-order valence-corrected chi connectivity index (χ2v) is 3.66. The molecule has 3 heteroatoms. The van der Waals surface area contributed by atoms with Crippen LogP contribution in [-0.4, -0.2) is 16.7 Å². The maximum Gasteiger partial charge on any atom is 0.121 e. The second-order valence-electron chi connectivity index (χ2n) is 3.66. The Hall–Kier alpha value is -1.87. The van der Waals surface area contributed by atoms with Gasteiger partial charge in [0.2, 0.25) is 0 Å². The minimum atomic E-state index is -0.711. The quantitative estimate of drug-likeness (QED) is 0.876. The molecule has 3 nitrogen and oxygen atoms in total. The van der Waals surface area contributed by atoms with Crippen molar-refractivity contribution in [3.63, 3.8) is 0 Å². The third-order valence-corrected chi connectivity index (χ3v) is 2.45. The van der Waals surface area contributed by atoms with E-state index in [2.05, 4.69) is 4.98 Å². The Morgan fingerprint density at radius 3 is 2.82 bits per heavy atom. The molecule has 0 saturated carbocycles. The number of benzene rings is 1. The van der Waals surface area contributed by atoms with Crippen LogP contribution in [0.3, 0.4) is 0 Å². The lowest BCUT2D eigenvalue weighted by Crippen LogP contribution is -2.02. The van der Waals surface area contributed by atoms with Crippen LogP contribution in [0.1, 0.15) is 24.3 Å². The molecule has 2 rings (SSSR count). The predicted molar refractivity (Wildman–Crippen MR) is 65.9 cm³/mol. The summed E-state index contributed by atoms with van der Waals surface area (Å²) >= 11 is 0. The van der Waals surface area contributed by atoms with Gasteiger partial charge in [0.25, 0.3) is 0 Å². The van der Waals surface area contributed by atoms with Crippen molar-refractivity contribution in [1.82, 2.24) is 4.98 Å². The standard InChI is InChI=1S/C14H15NO2/c1-2-17-12-7-5-6-11(10-12)14(16)13-8-3-4-9-15-13/h3-10,14,16H,2H2,1H3. The Balaban J connectivity index is 2.25. The highest BCUT2D eigenvalue weighted by Gasteiger charge is 2.11. The molecular weight excluding hydrogens is 214 g/mol. The van der Waals surface area contributed by atoms with Crippen molar-refractivity contribution in [3.8, 4) is 5.75 Å². The van der Waals surface area contributed by atoms with Crippen LogP contribution in [0, 0.1) is 0 Å². The van der Waals surface area contributed by atoms with Gasteiger partial charge in [0.1, 0.15) is 11.9 Å². The average Bonchev–Trinajstić information content (AvgIpc) is 2.40. The van der Waals surface area contributed by atoms with Gasteiger partial charge in [-0.05, 0) is 36.8 Å². The first-order valence-corrected chi connectivity index (χ1v) is 5.63. The number of hydrogen-bond acceptors (Lipinski definition) is 3. The fourth-order valence-corrected chi connectivity index (χ4v) is 1.65. The topological polar surface area (TPSA) is 42.4 Å². The monoisotopic (exact) mass is 229 g/mol. The Morgan fingerprint density at radius 1 is 1.24 bits per heavy atom. The van der Waals surface area contributed by atoms with Crippen LogP contribution in [0.25, 0.3) is 0 Å². The Bertz CT molecular complexity index is 471. The van der Waals surface area contributed by atoms with Gasteiger partial charge in [-0.1, -0.05) is 18.2 Å². The molecule has 0 saturated heterocycles. The van der Waals surface area contributed by atoms with Crippen LogP contribution < -0.4 is 4.74 Å². The SMILES string of the molecule is CCOc1cccc(C(O)c2ccccn2)c1. The maximum absolute atomic E-state index is 10.2. The molecule has 0 aliphatic carbocycles. The van der Waals surface area contributed by atoms with E-state index in [0.717, 1.165) is 11.3 Å². The fourth-order valence-electron chi connectivity index (χ4n) is 1.65. The molecule has 88 valence electrons. The van der Waals surface area contributed by atoms with Gasteiger partial charge in [-0.25, -0.2) is 0 Å². The van der Waals surface area contributed by atoms with Gasteiger partial charge < -0.3 is 9.84 Å². The van der Waals surface area contributed by atoms with Gasteiger partial charge in [0.05, 0.1) is 12.3 Å². The summed E-state index contributed by atoms with van der Waals surface area (Å²) in [7, 11) is 0. The predicted octanol–water partition coefficient (Wildman–Crippen LogP) is 2.56. The Morgan fingerprint density at radius 2 is 2.12 bits per heavy atom. The summed E-state index contributed by atoms with van der Waals surface area (Å²) < 4.78 is 5.40. The van der Waals surface area contributed by atoms with E-state index in [-0.39, 0.29) is 0 Å². The maximum atomic E-state index is 10.2. The highest BCUT2D eigenvalue weighted by Crippen LogP contribution is 2.23. The zero-order chi connectivity index (χ0) is 12.1. The molecule has 0 spiro atoms. The summed E-state index contributed by atoms with van der Waals surface area (Å²) in [5.41, 5.74) is 1.43. The fraction of sp³-hybridized carbons (Fsp3) is 0.214. The van der Waals surface area contributed by atoms with Gasteiger partial charge in [0.15, 0.2) is 0 Å². The smallest absolute Gasteiger partial charge is 0.121 e. The van der Waals surface area contributed by atoms with Gasteiger partial charge in [-0.3, -0.25) is 4.98 Å². The number of aliphatic hydroxyl groups excluding tert-OH is 1. The Kier molecular flexibility index (Phi) is 3.73. The van der Waals surface area contributed by atoms with Crippen molar-refractivity contribution >= 4 is 0 Å². The molecule has 0 bridgehead atoms. The first-order chi connectivity index (χ1) is 8.31. The number of hydrogen-bond donors (Lipinski definition) is 1. The van der Waals surface area contributed by atoms with Crippen molar-refractivity contribution in [2.75, 3.05) is 6.61 Å². The zero-order valence-corrected chi connectivity index (χ0v) is 9.71. The summed E-state index contributed by atoms with van der Waals surface area (Å²) in [5.74, 6) is 0.764. The normalized spacial score (nSPS) is 12.1. The molecule has 1 unspecified atom stereocenters. The van der Waals surface area contributed by atoms with Crippen LogP contribution in [0.4, 0.5) is 0 Å². The molecule has 0 amide bonds. The molecule has 0 fully saturated rings. The molecular formula is C14H15NO2. The van der Waals surface area contributed by atoms with Crippen molar-refractivity contribution in [3.05, 3.63) is 59.9 Å². The lowest BCUT2D eigenvalue weighted by Gasteiger charge is -2.11. The summed E-state index contributed by atoms with van der Waals surface area (Å²) in [4.78, 5) is 4.14. The number of pyridine rings is 1. The second kappa shape index (κ2) is 5.46. The lowest BCUT2D eigenvalue weighted by molar-refractivity contribution is 0.214. The minimum absolute atomic E-state index is 0.614. The first kappa shape index (κ1) is 11.6. The molecule has 1 N–H and O–H groups in total. The molecule has 1 heterocycles. The largest absolute Gasteiger partial charge is 0.494 e. The molecule has 1 aromatic heterocycles. The number of ether oxygens (including phenoxy) is 1. The highest BCUT2D eigenvalue weighted by molar-refractivity contribution is 5.33. The average molecular weight is 229 g/mol. The van der Waals surface area contributed by atoms with Gasteiger partial charge in [-0.2, -0.15) is 0 Å². The Labute approximate surface area is 101 Å². The number of rotatable bonds is 4. The van der Waals surface area contributed by atoms with Crippen LogP contribution in [0.2, 0.25) is 0 Å². The van der Waals surface area contributed by atoms with E-state index >= 15 is 0 Å². The van der Waals surface area contributed by atoms with E-state index in [9.17, 15) is 5.11 Å². The van der Waals surface area contributed by atoms with Crippen LogP contribution >= 0.6 is 0 Å². The van der Waals surface area contributed by atoms with E-state index < -0.39 is 6.10 Å². The van der Waals surface area contributed by atoms with Crippen molar-refractivity contribution in [1.29, 1.82) is 0 Å². The summed E-state index contributed by atoms with van der Waals surface area (Å²) in [6.45, 7) is 2.55. The van der Waals surface area contributed by atoms with Crippen molar-refractivity contribution < 1.29 is 9.84 Å². The molecule has 1 atom stereocenters. The van der Waals surface area contributed by atoms with Crippen LogP contribution in [0.15, 0.2) is 48.7 Å². The minimum Gasteiger partial charge on any atom is -0.494 e. The summed E-state index contributed by atoms with van der Waals surface area (Å²) in [5, 5.41) is 10.2. The lowest BCUT2D eigenvalue weighted by atomic mass is 10.1. The molecule has 0 radical (unpaired) electrons. The zero-order valence-electron chi connectivity index (χ0n) is 9.71. The molecule has 1 aromatic carbocycles. The highest BCUT2D eigenvalue weighted by atomic mass is 16.5. The van der Waals surface area contributed by atoms with Crippen molar-refractivity contribution in [2.24, 2.45) is 0 Å². The first-order valence-electron chi connectivity index (χ1n) is 5.63. The van der Waals surface area contributed by atoms with Crippen molar-refractivity contribution in [2.45, 2.75) is 13.0 Å². The molecule has 17 heavy (non-hydrogen) atoms. The van der Waals surface area contributed by atoms with Gasteiger partial charge in [-0.15, -0.1) is 0 Å². The van der Waals surface area contributed by atoms with E-state index in [1.165, 1.54) is 0 Å². The van der Waals surface area contributed by atoms with E-state index in [0.29, 0.717) is 12.3 Å². The van der Waals surface area contributed by atoms with Gasteiger partial charge >= 0.3 is 0 Å². The molecule has 0 aliphatic heterocycles. The summed E-state index contributed by atoms with van der Waals surface area (Å²) in [6.07, 6.45) is 0.960. The van der Waals surface area contributed by atoms with Crippen LogP contribution in [-0.2, 0) is 0 Å². The number of aromatic nitrogens is 1. The summed E-state index contributed by atoms with van der Waals surface area (Å²) in [6, 6.07) is 12.9. The van der Waals surface area contributed by atoms with E-state index in [1.54, 1.807) is 12.3 Å². The third-order valence-electron chi connectivity index (χ3n) is 2.45. The van der Waals surface area contributed by atoms with E-state index in [1.807, 2.05) is 43.3 Å². The third kappa shape index (κ3) is 2.82. The molecule has 2 aromatic rings. The number of nitrogens with zero attached hydrogens (tertiary/aromatic N) is 1.